The highest BCUT2D eigenvalue weighted by atomic mass is 16.3. The number of allylic oxidation sites excluding steroid dienone is 2. The molecule has 26 heavy (non-hydrogen) atoms. The van der Waals surface area contributed by atoms with Gasteiger partial charge in [-0.05, 0) is 23.0 Å². The van der Waals surface area contributed by atoms with Gasteiger partial charge in [0.05, 0.1) is 12.1 Å². The van der Waals surface area contributed by atoms with Gasteiger partial charge in [0.2, 0.25) is 0 Å². The van der Waals surface area contributed by atoms with Crippen molar-refractivity contribution in [3.8, 4) is 0 Å². The topological polar surface area (TPSA) is 49.7 Å². The molecule has 0 atom stereocenters. The van der Waals surface area contributed by atoms with E-state index in [-0.39, 0.29) is 17.0 Å². The molecule has 0 aliphatic heterocycles. The molecule has 3 nitrogen and oxygen atoms in total. The molecule has 0 spiro atoms. The number of carbonyl (C=O) groups is 1. The summed E-state index contributed by atoms with van der Waals surface area (Å²) in [6.07, 6.45) is 1.48. The second-order valence-corrected chi connectivity index (χ2v) is 7.67. The number of aliphatic hydroxyl groups excluding tert-OH is 1. The highest BCUT2D eigenvalue weighted by Gasteiger charge is 2.36. The summed E-state index contributed by atoms with van der Waals surface area (Å²) in [5.74, 6) is 0.116. The third-order valence-corrected chi connectivity index (χ3v) is 4.65. The Kier molecular flexibility index (Phi) is 5.36. The molecule has 134 valence electrons. The first-order valence-electron chi connectivity index (χ1n) is 9.01. The summed E-state index contributed by atoms with van der Waals surface area (Å²) in [4.78, 5) is 17.5. The molecule has 0 unspecified atom stereocenters. The molecule has 1 aliphatic rings. The Hall–Kier alpha value is -2.68. The van der Waals surface area contributed by atoms with Crippen molar-refractivity contribution >= 4 is 11.5 Å². The van der Waals surface area contributed by atoms with Crippen molar-refractivity contribution in [1.29, 1.82) is 0 Å². The van der Waals surface area contributed by atoms with Crippen LogP contribution < -0.4 is 0 Å². The van der Waals surface area contributed by atoms with Gasteiger partial charge in [0.1, 0.15) is 5.76 Å². The van der Waals surface area contributed by atoms with E-state index in [0.29, 0.717) is 31.4 Å². The summed E-state index contributed by atoms with van der Waals surface area (Å²) in [6.45, 7) is 4.67. The Bertz CT molecular complexity index is 833. The fraction of sp³-hybridized carbons (Fsp3) is 0.304. The van der Waals surface area contributed by atoms with E-state index in [1.165, 1.54) is 0 Å². The van der Waals surface area contributed by atoms with Crippen molar-refractivity contribution in [1.82, 2.24) is 0 Å². The van der Waals surface area contributed by atoms with Crippen LogP contribution in [0.5, 0.6) is 0 Å². The maximum atomic E-state index is 12.8. The standard InChI is InChI=1S/C23H25NO2/c1-23(2)14-19(24-16-18-11-7-4-8-12-18)22(21(26)15-23)20(25)13-17-9-5-3-6-10-17/h3-12,25H,13-16H2,1-2H3/b22-20-,24-19?. The zero-order chi connectivity index (χ0) is 18.6. The molecule has 0 saturated heterocycles. The quantitative estimate of drug-likeness (QED) is 0.620. The van der Waals surface area contributed by atoms with Crippen LogP contribution in [0.1, 0.15) is 37.8 Å². The van der Waals surface area contributed by atoms with E-state index in [0.717, 1.165) is 16.8 Å². The largest absolute Gasteiger partial charge is 0.511 e. The predicted molar refractivity (Wildman–Crippen MR) is 105 cm³/mol. The molecule has 1 fully saturated rings. The van der Waals surface area contributed by atoms with Gasteiger partial charge in [0.15, 0.2) is 5.78 Å². The van der Waals surface area contributed by atoms with Gasteiger partial charge in [-0.3, -0.25) is 9.79 Å². The Labute approximate surface area is 155 Å². The molecule has 0 aromatic heterocycles. The van der Waals surface area contributed by atoms with Crippen LogP contribution in [0.4, 0.5) is 0 Å². The zero-order valence-corrected chi connectivity index (χ0v) is 15.4. The molecule has 0 bridgehead atoms. The highest BCUT2D eigenvalue weighted by molar-refractivity contribution is 6.24. The molecule has 2 aromatic carbocycles. The van der Waals surface area contributed by atoms with Crippen molar-refractivity contribution in [2.24, 2.45) is 10.4 Å². The van der Waals surface area contributed by atoms with Gasteiger partial charge < -0.3 is 5.11 Å². The van der Waals surface area contributed by atoms with Gasteiger partial charge in [0.25, 0.3) is 0 Å². The summed E-state index contributed by atoms with van der Waals surface area (Å²) < 4.78 is 0. The summed E-state index contributed by atoms with van der Waals surface area (Å²) in [5.41, 5.74) is 3.09. The van der Waals surface area contributed by atoms with E-state index in [1.54, 1.807) is 0 Å². The van der Waals surface area contributed by atoms with Crippen LogP contribution in [0.2, 0.25) is 0 Å². The zero-order valence-electron chi connectivity index (χ0n) is 15.4. The Morgan fingerprint density at radius 3 is 2.15 bits per heavy atom. The maximum absolute atomic E-state index is 12.8. The van der Waals surface area contributed by atoms with Crippen LogP contribution >= 0.6 is 0 Å². The molecule has 0 radical (unpaired) electrons. The normalized spacial score (nSPS) is 20.2. The summed E-state index contributed by atoms with van der Waals surface area (Å²) in [5, 5.41) is 10.7. The Morgan fingerprint density at radius 1 is 0.962 bits per heavy atom. The maximum Gasteiger partial charge on any atom is 0.168 e. The minimum atomic E-state index is -0.136. The number of rotatable bonds is 4. The van der Waals surface area contributed by atoms with Crippen LogP contribution in [-0.2, 0) is 17.8 Å². The first-order chi connectivity index (χ1) is 12.4. The van der Waals surface area contributed by atoms with E-state index in [1.807, 2.05) is 60.7 Å². The van der Waals surface area contributed by atoms with Crippen molar-refractivity contribution in [2.45, 2.75) is 39.7 Å². The highest BCUT2D eigenvalue weighted by Crippen LogP contribution is 2.35. The average Bonchev–Trinajstić information content (AvgIpc) is 2.60. The van der Waals surface area contributed by atoms with E-state index < -0.39 is 0 Å². The molecule has 1 saturated carbocycles. The first-order valence-corrected chi connectivity index (χ1v) is 9.01. The molecule has 1 N–H and O–H groups in total. The lowest BCUT2D eigenvalue weighted by molar-refractivity contribution is -0.117. The SMILES string of the molecule is CC1(C)CC(=O)/C(=C(\O)Cc2ccccc2)C(=NCc2ccccc2)C1. The number of aliphatic imine (C=N–C) groups is 1. The van der Waals surface area contributed by atoms with Gasteiger partial charge in [-0.2, -0.15) is 0 Å². The lowest BCUT2D eigenvalue weighted by Gasteiger charge is -2.31. The van der Waals surface area contributed by atoms with Crippen LogP contribution in [0.3, 0.4) is 0 Å². The number of nitrogens with zero attached hydrogens (tertiary/aromatic N) is 1. The number of hydrogen-bond donors (Lipinski definition) is 1. The van der Waals surface area contributed by atoms with E-state index in [9.17, 15) is 9.90 Å². The smallest absolute Gasteiger partial charge is 0.168 e. The van der Waals surface area contributed by atoms with Gasteiger partial charge in [-0.25, -0.2) is 0 Å². The molecule has 3 rings (SSSR count). The molecule has 2 aromatic rings. The van der Waals surface area contributed by atoms with E-state index in [4.69, 9.17) is 4.99 Å². The molecule has 0 heterocycles. The summed E-state index contributed by atoms with van der Waals surface area (Å²) in [7, 11) is 0. The van der Waals surface area contributed by atoms with Crippen molar-refractivity contribution in [3.63, 3.8) is 0 Å². The first kappa shape index (κ1) is 18.1. The van der Waals surface area contributed by atoms with Crippen molar-refractivity contribution in [3.05, 3.63) is 83.1 Å². The minimum Gasteiger partial charge on any atom is -0.511 e. The molecule has 3 heteroatoms. The van der Waals surface area contributed by atoms with E-state index >= 15 is 0 Å². The molecular formula is C23H25NO2. The third-order valence-electron chi connectivity index (χ3n) is 4.65. The Balaban J connectivity index is 1.93. The Morgan fingerprint density at radius 2 is 1.54 bits per heavy atom. The minimum absolute atomic E-state index is 0.0125. The summed E-state index contributed by atoms with van der Waals surface area (Å²) in [6, 6.07) is 19.7. The van der Waals surface area contributed by atoms with Crippen LogP contribution in [0.25, 0.3) is 0 Å². The fourth-order valence-corrected chi connectivity index (χ4v) is 3.40. The lowest BCUT2D eigenvalue weighted by Crippen LogP contribution is -2.33. The second kappa shape index (κ2) is 7.69. The van der Waals surface area contributed by atoms with Crippen LogP contribution in [0.15, 0.2) is 77.0 Å². The number of Topliss-reactive ketones (excluding diaryl/α,β-unsaturated/α-hetero) is 1. The van der Waals surface area contributed by atoms with Crippen LogP contribution in [-0.4, -0.2) is 16.6 Å². The van der Waals surface area contributed by atoms with Crippen molar-refractivity contribution in [2.75, 3.05) is 0 Å². The van der Waals surface area contributed by atoms with Gasteiger partial charge in [-0.1, -0.05) is 74.5 Å². The number of ketones is 1. The van der Waals surface area contributed by atoms with Gasteiger partial charge >= 0.3 is 0 Å². The predicted octanol–water partition coefficient (Wildman–Crippen LogP) is 5.07. The lowest BCUT2D eigenvalue weighted by atomic mass is 9.73. The van der Waals surface area contributed by atoms with Crippen LogP contribution in [0, 0.1) is 5.41 Å². The fourth-order valence-electron chi connectivity index (χ4n) is 3.40. The van der Waals surface area contributed by atoms with Crippen molar-refractivity contribution < 1.29 is 9.90 Å². The second-order valence-electron chi connectivity index (χ2n) is 7.67. The number of carbonyl (C=O) groups excluding carboxylic acids is 1. The monoisotopic (exact) mass is 347 g/mol. The van der Waals surface area contributed by atoms with Gasteiger partial charge in [-0.15, -0.1) is 0 Å². The number of benzene rings is 2. The number of aliphatic hydroxyl groups is 1. The average molecular weight is 347 g/mol. The number of hydrogen-bond acceptors (Lipinski definition) is 3. The van der Waals surface area contributed by atoms with E-state index in [2.05, 4.69) is 13.8 Å². The molecule has 0 amide bonds. The molecular weight excluding hydrogens is 322 g/mol. The third kappa shape index (κ3) is 4.48. The summed E-state index contributed by atoms with van der Waals surface area (Å²) >= 11 is 0. The molecule has 1 aliphatic carbocycles. The van der Waals surface area contributed by atoms with Gasteiger partial charge in [0, 0.05) is 18.6 Å².